The van der Waals surface area contributed by atoms with Crippen molar-refractivity contribution in [2.75, 3.05) is 18.6 Å². The molecule has 3 rings (SSSR count). The van der Waals surface area contributed by atoms with Crippen LogP contribution < -0.4 is 15.4 Å². The maximum Gasteiger partial charge on any atom is 0.246 e. The second-order valence-corrected chi connectivity index (χ2v) is 5.62. The van der Waals surface area contributed by atoms with Crippen LogP contribution in [0.25, 0.3) is 0 Å². The molecule has 1 unspecified atom stereocenters. The Labute approximate surface area is 127 Å². The third-order valence-electron chi connectivity index (χ3n) is 3.44. The zero-order valence-electron chi connectivity index (χ0n) is 11.8. The lowest BCUT2D eigenvalue weighted by molar-refractivity contribution is -0.117. The molecule has 0 aromatic heterocycles. The van der Waals surface area contributed by atoms with Crippen molar-refractivity contribution in [3.8, 4) is 11.5 Å². The van der Waals surface area contributed by atoms with Gasteiger partial charge in [0.05, 0.1) is 0 Å². The van der Waals surface area contributed by atoms with Crippen LogP contribution in [0.3, 0.4) is 0 Å². The fourth-order valence-corrected chi connectivity index (χ4v) is 2.78. The van der Waals surface area contributed by atoms with E-state index in [-0.39, 0.29) is 11.9 Å². The molecule has 0 radical (unpaired) electrons. The molecule has 1 aliphatic rings. The number of ether oxygens (including phenoxy) is 1. The lowest BCUT2D eigenvalue weighted by Gasteiger charge is -2.09. The van der Waals surface area contributed by atoms with Crippen molar-refractivity contribution in [2.45, 2.75) is 10.9 Å². The molecule has 1 heterocycles. The van der Waals surface area contributed by atoms with E-state index >= 15 is 0 Å². The second kappa shape index (κ2) is 5.79. The van der Waals surface area contributed by atoms with Crippen LogP contribution in [-0.4, -0.2) is 19.2 Å². The zero-order valence-corrected chi connectivity index (χ0v) is 12.7. The molecule has 0 fully saturated rings. The maximum atomic E-state index is 11.8. The molecule has 1 aliphatic heterocycles. The van der Waals surface area contributed by atoms with Crippen molar-refractivity contribution in [1.29, 1.82) is 0 Å². The predicted octanol–water partition coefficient (Wildman–Crippen LogP) is 3.41. The summed E-state index contributed by atoms with van der Waals surface area (Å²) in [5.74, 6) is 1.46. The molecule has 2 aromatic carbocycles. The third kappa shape index (κ3) is 2.75. The highest BCUT2D eigenvalue weighted by Gasteiger charge is 2.29. The SMILES string of the molecule is CNC1C(=O)Nc2cc(Oc3ccc(SC)cc3)ccc21. The van der Waals surface area contributed by atoms with Gasteiger partial charge in [0.2, 0.25) is 5.91 Å². The molecular formula is C16H16N2O2S. The largest absolute Gasteiger partial charge is 0.457 e. The molecule has 1 amide bonds. The van der Waals surface area contributed by atoms with Gasteiger partial charge in [-0.25, -0.2) is 0 Å². The molecule has 1 atom stereocenters. The van der Waals surface area contributed by atoms with Crippen molar-refractivity contribution >= 4 is 23.4 Å². The number of rotatable bonds is 4. The van der Waals surface area contributed by atoms with Crippen LogP contribution in [0, 0.1) is 0 Å². The summed E-state index contributed by atoms with van der Waals surface area (Å²) in [7, 11) is 1.77. The van der Waals surface area contributed by atoms with Gasteiger partial charge in [-0.3, -0.25) is 4.79 Å². The Balaban J connectivity index is 1.81. The lowest BCUT2D eigenvalue weighted by atomic mass is 10.1. The number of anilines is 1. The molecule has 0 spiro atoms. The first-order chi connectivity index (χ1) is 10.2. The molecule has 2 aromatic rings. The quantitative estimate of drug-likeness (QED) is 0.850. The van der Waals surface area contributed by atoms with Crippen LogP contribution in [0.1, 0.15) is 11.6 Å². The lowest BCUT2D eigenvalue weighted by Crippen LogP contribution is -2.23. The van der Waals surface area contributed by atoms with E-state index < -0.39 is 0 Å². The highest BCUT2D eigenvalue weighted by Crippen LogP contribution is 2.35. The number of benzene rings is 2. The summed E-state index contributed by atoms with van der Waals surface area (Å²) >= 11 is 1.69. The standard InChI is InChI=1S/C16H16N2O2S/c1-17-15-13-8-5-11(9-14(13)18-16(15)19)20-10-3-6-12(21-2)7-4-10/h3-9,15,17H,1-2H3,(H,18,19). The zero-order chi connectivity index (χ0) is 14.8. The number of likely N-dealkylation sites (N-methyl/N-ethyl adjacent to an activating group) is 1. The number of fused-ring (bicyclic) bond motifs is 1. The van der Waals surface area contributed by atoms with Crippen molar-refractivity contribution in [3.63, 3.8) is 0 Å². The maximum absolute atomic E-state index is 11.8. The van der Waals surface area contributed by atoms with Gasteiger partial charge >= 0.3 is 0 Å². The molecule has 0 saturated carbocycles. The Kier molecular flexibility index (Phi) is 3.86. The van der Waals surface area contributed by atoms with Gasteiger partial charge in [-0.05, 0) is 43.6 Å². The summed E-state index contributed by atoms with van der Waals surface area (Å²) in [5, 5.41) is 5.85. The molecule has 5 heteroatoms. The first-order valence-electron chi connectivity index (χ1n) is 6.65. The Morgan fingerprint density at radius 1 is 1.14 bits per heavy atom. The van der Waals surface area contributed by atoms with E-state index in [1.54, 1.807) is 18.8 Å². The summed E-state index contributed by atoms with van der Waals surface area (Å²) in [6, 6.07) is 13.3. The van der Waals surface area contributed by atoms with Gasteiger partial charge in [0.15, 0.2) is 0 Å². The highest BCUT2D eigenvalue weighted by atomic mass is 32.2. The predicted molar refractivity (Wildman–Crippen MR) is 85.2 cm³/mol. The monoisotopic (exact) mass is 300 g/mol. The van der Waals surface area contributed by atoms with Gasteiger partial charge in [-0.2, -0.15) is 0 Å². The van der Waals surface area contributed by atoms with E-state index in [9.17, 15) is 4.79 Å². The van der Waals surface area contributed by atoms with Crippen molar-refractivity contribution in [2.24, 2.45) is 0 Å². The van der Waals surface area contributed by atoms with E-state index in [4.69, 9.17) is 4.74 Å². The number of hydrogen-bond acceptors (Lipinski definition) is 4. The number of thioether (sulfide) groups is 1. The molecule has 2 N–H and O–H groups in total. The summed E-state index contributed by atoms with van der Waals surface area (Å²) in [4.78, 5) is 13.0. The smallest absolute Gasteiger partial charge is 0.246 e. The number of amides is 1. The molecule has 4 nitrogen and oxygen atoms in total. The van der Waals surface area contributed by atoms with Gasteiger partial charge in [0.1, 0.15) is 17.5 Å². The van der Waals surface area contributed by atoms with Crippen LogP contribution in [0.4, 0.5) is 5.69 Å². The molecule has 21 heavy (non-hydrogen) atoms. The van der Waals surface area contributed by atoms with Crippen molar-refractivity contribution in [1.82, 2.24) is 5.32 Å². The van der Waals surface area contributed by atoms with Gasteiger partial charge in [-0.1, -0.05) is 6.07 Å². The first-order valence-corrected chi connectivity index (χ1v) is 7.87. The van der Waals surface area contributed by atoms with E-state index in [2.05, 4.69) is 10.6 Å². The van der Waals surface area contributed by atoms with E-state index in [1.165, 1.54) is 4.90 Å². The van der Waals surface area contributed by atoms with Crippen LogP contribution in [-0.2, 0) is 4.79 Å². The minimum absolute atomic E-state index is 0.0334. The van der Waals surface area contributed by atoms with E-state index in [1.807, 2.05) is 48.7 Å². The average Bonchev–Trinajstić information content (AvgIpc) is 2.82. The summed E-state index contributed by atoms with van der Waals surface area (Å²) < 4.78 is 5.83. The average molecular weight is 300 g/mol. The normalized spacial score (nSPS) is 16.5. The van der Waals surface area contributed by atoms with Gasteiger partial charge < -0.3 is 15.4 Å². The van der Waals surface area contributed by atoms with Gasteiger partial charge in [0.25, 0.3) is 0 Å². The Hall–Kier alpha value is -1.98. The van der Waals surface area contributed by atoms with E-state index in [0.717, 1.165) is 17.0 Å². The minimum Gasteiger partial charge on any atom is -0.457 e. The van der Waals surface area contributed by atoms with Crippen LogP contribution in [0.2, 0.25) is 0 Å². The van der Waals surface area contributed by atoms with Gasteiger partial charge in [0, 0.05) is 22.2 Å². The van der Waals surface area contributed by atoms with Gasteiger partial charge in [-0.15, -0.1) is 11.8 Å². The Morgan fingerprint density at radius 3 is 2.52 bits per heavy atom. The topological polar surface area (TPSA) is 50.4 Å². The Morgan fingerprint density at radius 2 is 1.86 bits per heavy atom. The number of carbonyl (C=O) groups excluding carboxylic acids is 1. The van der Waals surface area contributed by atoms with Crippen LogP contribution in [0.15, 0.2) is 47.4 Å². The van der Waals surface area contributed by atoms with E-state index in [0.29, 0.717) is 5.75 Å². The summed E-state index contributed by atoms with van der Waals surface area (Å²) in [6.07, 6.45) is 2.04. The Bertz CT molecular complexity index is 670. The second-order valence-electron chi connectivity index (χ2n) is 4.74. The van der Waals surface area contributed by atoms with Crippen molar-refractivity contribution < 1.29 is 9.53 Å². The van der Waals surface area contributed by atoms with Crippen LogP contribution >= 0.6 is 11.8 Å². The molecule has 0 aliphatic carbocycles. The molecule has 108 valence electrons. The first kappa shape index (κ1) is 14.0. The molecule has 0 saturated heterocycles. The summed E-state index contributed by atoms with van der Waals surface area (Å²) in [6.45, 7) is 0. The number of carbonyl (C=O) groups is 1. The van der Waals surface area contributed by atoms with Crippen molar-refractivity contribution in [3.05, 3.63) is 48.0 Å². The fourth-order valence-electron chi connectivity index (χ4n) is 2.37. The highest BCUT2D eigenvalue weighted by molar-refractivity contribution is 7.98. The molecule has 0 bridgehead atoms. The van der Waals surface area contributed by atoms with Crippen LogP contribution in [0.5, 0.6) is 11.5 Å². The fraction of sp³-hybridized carbons (Fsp3) is 0.188. The third-order valence-corrected chi connectivity index (χ3v) is 4.18. The molecular weight excluding hydrogens is 284 g/mol. The minimum atomic E-state index is -0.282. The summed E-state index contributed by atoms with van der Waals surface area (Å²) in [5.41, 5.74) is 1.75. The number of hydrogen-bond donors (Lipinski definition) is 2. The number of nitrogens with one attached hydrogen (secondary N) is 2.